The smallest absolute Gasteiger partial charge is 0.138 e. The predicted molar refractivity (Wildman–Crippen MR) is 65.9 cm³/mol. The molecule has 0 spiro atoms. The summed E-state index contributed by atoms with van der Waals surface area (Å²) >= 11 is 6.02. The molecule has 0 aliphatic carbocycles. The molecule has 2 aromatic rings. The molecule has 0 aliphatic heterocycles. The van der Waals surface area contributed by atoms with Crippen molar-refractivity contribution in [1.82, 2.24) is 4.98 Å². The second-order valence-electron chi connectivity index (χ2n) is 3.57. The Morgan fingerprint density at radius 2 is 2.12 bits per heavy atom. The summed E-state index contributed by atoms with van der Waals surface area (Å²) in [6.45, 7) is 0.397. The number of hydrogen-bond donors (Lipinski definition) is 1. The molecule has 1 heterocycles. The number of pyridine rings is 1. The number of hydrogen-bond acceptors (Lipinski definition) is 3. The molecule has 0 atom stereocenters. The van der Waals surface area contributed by atoms with Crippen LogP contribution in [-0.4, -0.2) is 10.1 Å². The fraction of sp³-hybridized carbons (Fsp3) is 0.154. The first-order valence-electron chi connectivity index (χ1n) is 5.20. The van der Waals surface area contributed by atoms with Crippen molar-refractivity contribution in [3.05, 3.63) is 58.9 Å². The van der Waals surface area contributed by atoms with Gasteiger partial charge < -0.3 is 9.84 Å². The molecule has 1 aromatic heterocycles. The highest BCUT2D eigenvalue weighted by atomic mass is 35.5. The lowest BCUT2D eigenvalue weighted by Crippen LogP contribution is -1.96. The van der Waals surface area contributed by atoms with Crippen LogP contribution in [0.2, 0.25) is 5.02 Å². The summed E-state index contributed by atoms with van der Waals surface area (Å²) in [5.41, 5.74) is 1.75. The molecule has 17 heavy (non-hydrogen) atoms. The molecule has 0 saturated heterocycles. The molecular weight excluding hydrogens is 238 g/mol. The Morgan fingerprint density at radius 1 is 1.24 bits per heavy atom. The van der Waals surface area contributed by atoms with E-state index in [-0.39, 0.29) is 6.61 Å². The zero-order valence-electron chi connectivity index (χ0n) is 9.14. The highest BCUT2D eigenvalue weighted by Crippen LogP contribution is 2.26. The van der Waals surface area contributed by atoms with Gasteiger partial charge in [0.2, 0.25) is 0 Å². The van der Waals surface area contributed by atoms with E-state index in [1.165, 1.54) is 0 Å². The lowest BCUT2D eigenvalue weighted by atomic mass is 10.2. The molecule has 0 fully saturated rings. The van der Waals surface area contributed by atoms with Crippen molar-refractivity contribution in [3.8, 4) is 5.75 Å². The topological polar surface area (TPSA) is 42.4 Å². The van der Waals surface area contributed by atoms with Crippen LogP contribution in [0, 0.1) is 0 Å². The molecule has 0 radical (unpaired) electrons. The Morgan fingerprint density at radius 3 is 2.76 bits per heavy atom. The fourth-order valence-corrected chi connectivity index (χ4v) is 1.66. The average Bonchev–Trinajstić information content (AvgIpc) is 2.38. The summed E-state index contributed by atoms with van der Waals surface area (Å²) < 4.78 is 5.57. The van der Waals surface area contributed by atoms with Gasteiger partial charge in [0.15, 0.2) is 0 Å². The van der Waals surface area contributed by atoms with E-state index in [9.17, 15) is 0 Å². The lowest BCUT2D eigenvalue weighted by Gasteiger charge is -2.08. The van der Waals surface area contributed by atoms with Gasteiger partial charge in [0, 0.05) is 18.0 Å². The van der Waals surface area contributed by atoms with Crippen LogP contribution in [0.1, 0.15) is 11.1 Å². The summed E-state index contributed by atoms with van der Waals surface area (Å²) in [7, 11) is 0. The fourth-order valence-electron chi connectivity index (χ4n) is 1.40. The maximum absolute atomic E-state index is 8.95. The van der Waals surface area contributed by atoms with Gasteiger partial charge in [0.05, 0.1) is 11.6 Å². The van der Waals surface area contributed by atoms with Crippen LogP contribution in [0.15, 0.2) is 42.7 Å². The lowest BCUT2D eigenvalue weighted by molar-refractivity contribution is 0.280. The predicted octanol–water partition coefficient (Wildman–Crippen LogP) is 2.81. The number of benzene rings is 1. The third kappa shape index (κ3) is 3.19. The Labute approximate surface area is 105 Å². The van der Waals surface area contributed by atoms with E-state index in [0.29, 0.717) is 17.4 Å². The van der Waals surface area contributed by atoms with Crippen LogP contribution in [0.5, 0.6) is 5.75 Å². The van der Waals surface area contributed by atoms with Gasteiger partial charge >= 0.3 is 0 Å². The van der Waals surface area contributed by atoms with E-state index >= 15 is 0 Å². The third-order valence-electron chi connectivity index (χ3n) is 2.30. The highest BCUT2D eigenvalue weighted by molar-refractivity contribution is 6.32. The molecule has 2 rings (SSSR count). The maximum atomic E-state index is 8.95. The zero-order chi connectivity index (χ0) is 12.1. The SMILES string of the molecule is OCc1ccc(OCc2cccnc2)c(Cl)c1. The van der Waals surface area contributed by atoms with Crippen LogP contribution in [-0.2, 0) is 13.2 Å². The summed E-state index contributed by atoms with van der Waals surface area (Å²) in [4.78, 5) is 4.00. The Bertz CT molecular complexity index is 488. The van der Waals surface area contributed by atoms with Crippen molar-refractivity contribution in [2.45, 2.75) is 13.2 Å². The number of aromatic nitrogens is 1. The van der Waals surface area contributed by atoms with Crippen molar-refractivity contribution < 1.29 is 9.84 Å². The normalized spacial score (nSPS) is 10.2. The van der Waals surface area contributed by atoms with Gasteiger partial charge in [-0.05, 0) is 23.8 Å². The number of aliphatic hydroxyl groups is 1. The summed E-state index contributed by atoms with van der Waals surface area (Å²) in [5.74, 6) is 0.604. The van der Waals surface area contributed by atoms with Crippen molar-refractivity contribution in [2.75, 3.05) is 0 Å². The van der Waals surface area contributed by atoms with Crippen LogP contribution in [0.4, 0.5) is 0 Å². The van der Waals surface area contributed by atoms with Gasteiger partial charge in [0.25, 0.3) is 0 Å². The van der Waals surface area contributed by atoms with E-state index < -0.39 is 0 Å². The largest absolute Gasteiger partial charge is 0.487 e. The molecule has 1 N–H and O–H groups in total. The minimum absolute atomic E-state index is 0.0252. The second kappa shape index (κ2) is 5.66. The van der Waals surface area contributed by atoms with Gasteiger partial charge in [-0.2, -0.15) is 0 Å². The number of nitrogens with zero attached hydrogens (tertiary/aromatic N) is 1. The number of ether oxygens (including phenoxy) is 1. The van der Waals surface area contributed by atoms with E-state index in [0.717, 1.165) is 11.1 Å². The number of halogens is 1. The molecule has 88 valence electrons. The monoisotopic (exact) mass is 249 g/mol. The second-order valence-corrected chi connectivity index (χ2v) is 3.98. The van der Waals surface area contributed by atoms with Crippen molar-refractivity contribution in [1.29, 1.82) is 0 Å². The molecule has 0 saturated carbocycles. The quantitative estimate of drug-likeness (QED) is 0.906. The molecule has 3 nitrogen and oxygen atoms in total. The molecule has 0 aliphatic rings. The standard InChI is InChI=1S/C13H12ClNO2/c14-12-6-10(8-16)3-4-13(12)17-9-11-2-1-5-15-7-11/h1-7,16H,8-9H2. The first kappa shape index (κ1) is 11.9. The maximum Gasteiger partial charge on any atom is 0.138 e. The van der Waals surface area contributed by atoms with Gasteiger partial charge in [-0.1, -0.05) is 23.7 Å². The molecular formula is C13H12ClNO2. The minimum atomic E-state index is -0.0252. The Balaban J connectivity index is 2.04. The third-order valence-corrected chi connectivity index (χ3v) is 2.59. The van der Waals surface area contributed by atoms with E-state index in [2.05, 4.69) is 4.98 Å². The summed E-state index contributed by atoms with van der Waals surface area (Å²) in [6.07, 6.45) is 3.46. The van der Waals surface area contributed by atoms with Crippen LogP contribution in [0.3, 0.4) is 0 Å². The number of aliphatic hydroxyl groups excluding tert-OH is 1. The van der Waals surface area contributed by atoms with Gasteiger partial charge in [-0.25, -0.2) is 0 Å². The molecule has 4 heteroatoms. The van der Waals surface area contributed by atoms with E-state index in [1.807, 2.05) is 12.1 Å². The Kier molecular flexibility index (Phi) is 3.96. The summed E-state index contributed by atoms with van der Waals surface area (Å²) in [6, 6.07) is 9.02. The van der Waals surface area contributed by atoms with Crippen molar-refractivity contribution in [2.24, 2.45) is 0 Å². The molecule has 1 aromatic carbocycles. The van der Waals surface area contributed by atoms with Crippen molar-refractivity contribution in [3.63, 3.8) is 0 Å². The zero-order valence-corrected chi connectivity index (χ0v) is 9.89. The molecule has 0 bridgehead atoms. The van der Waals surface area contributed by atoms with Gasteiger partial charge in [-0.15, -0.1) is 0 Å². The molecule has 0 amide bonds. The van der Waals surface area contributed by atoms with Crippen LogP contribution >= 0.6 is 11.6 Å². The van der Waals surface area contributed by atoms with Gasteiger partial charge in [0.1, 0.15) is 12.4 Å². The molecule has 0 unspecified atom stereocenters. The number of rotatable bonds is 4. The first-order valence-corrected chi connectivity index (χ1v) is 5.58. The van der Waals surface area contributed by atoms with Crippen LogP contribution in [0.25, 0.3) is 0 Å². The summed E-state index contributed by atoms with van der Waals surface area (Å²) in [5, 5.41) is 9.45. The first-order chi connectivity index (χ1) is 8.29. The van der Waals surface area contributed by atoms with Crippen LogP contribution < -0.4 is 4.74 Å². The van der Waals surface area contributed by atoms with Gasteiger partial charge in [-0.3, -0.25) is 4.98 Å². The van der Waals surface area contributed by atoms with E-state index in [4.69, 9.17) is 21.4 Å². The average molecular weight is 250 g/mol. The minimum Gasteiger partial charge on any atom is -0.487 e. The highest BCUT2D eigenvalue weighted by Gasteiger charge is 2.03. The van der Waals surface area contributed by atoms with E-state index in [1.54, 1.807) is 30.6 Å². The van der Waals surface area contributed by atoms with Crippen molar-refractivity contribution >= 4 is 11.6 Å². The Hall–Kier alpha value is -1.58.